The molecule has 0 aromatic heterocycles. The van der Waals surface area contributed by atoms with Gasteiger partial charge in [-0.2, -0.15) is 0 Å². The van der Waals surface area contributed by atoms with Crippen molar-refractivity contribution in [2.45, 2.75) is 50.7 Å². The maximum absolute atomic E-state index is 13.8. The van der Waals surface area contributed by atoms with Crippen molar-refractivity contribution >= 4 is 11.8 Å². The molecule has 0 radical (unpaired) electrons. The van der Waals surface area contributed by atoms with Crippen molar-refractivity contribution in [1.82, 2.24) is 9.91 Å². The molecule has 2 saturated heterocycles. The summed E-state index contributed by atoms with van der Waals surface area (Å²) in [6, 6.07) is 8.29. The number of hydrogen-bond donors (Lipinski definition) is 1. The summed E-state index contributed by atoms with van der Waals surface area (Å²) in [5.74, 6) is 7.33. The second kappa shape index (κ2) is 5.47. The minimum Gasteiger partial charge on any atom is -0.309 e. The summed E-state index contributed by atoms with van der Waals surface area (Å²) in [5.41, 5.74) is 1.34. The van der Waals surface area contributed by atoms with Crippen LogP contribution in [0.15, 0.2) is 36.4 Å². The van der Waals surface area contributed by atoms with Gasteiger partial charge in [-0.25, -0.2) is 10.9 Å². The number of carbonyl (C=O) groups excluding carboxylic acids is 2. The lowest BCUT2D eigenvalue weighted by Gasteiger charge is -2.57. The van der Waals surface area contributed by atoms with Crippen LogP contribution in [0.2, 0.25) is 0 Å². The number of allylic oxidation sites excluding steroid dienone is 1. The lowest BCUT2D eigenvalue weighted by molar-refractivity contribution is -0.187. The van der Waals surface area contributed by atoms with Gasteiger partial charge >= 0.3 is 0 Å². The third-order valence-electron chi connectivity index (χ3n) is 8.29. The Balaban J connectivity index is 1.61. The van der Waals surface area contributed by atoms with Crippen LogP contribution in [0.25, 0.3) is 0 Å². The van der Waals surface area contributed by atoms with Crippen LogP contribution in [0, 0.1) is 36.5 Å². The fraction of sp³-hybridized carbons (Fsp3) is 0.565. The predicted octanol–water partition coefficient (Wildman–Crippen LogP) is 2.70. The van der Waals surface area contributed by atoms with Gasteiger partial charge in [-0.1, -0.05) is 54.8 Å². The summed E-state index contributed by atoms with van der Waals surface area (Å²) in [4.78, 5) is 29.5. The van der Waals surface area contributed by atoms with E-state index in [9.17, 15) is 9.59 Å². The zero-order valence-corrected chi connectivity index (χ0v) is 16.3. The van der Waals surface area contributed by atoms with Crippen LogP contribution in [-0.2, 0) is 15.3 Å². The van der Waals surface area contributed by atoms with Crippen molar-refractivity contribution in [1.29, 1.82) is 0 Å². The van der Waals surface area contributed by atoms with E-state index in [1.807, 2.05) is 0 Å². The highest BCUT2D eigenvalue weighted by Crippen LogP contribution is 2.62. The van der Waals surface area contributed by atoms with Crippen LogP contribution >= 0.6 is 0 Å². The molecule has 2 bridgehead atoms. The average molecular weight is 377 g/mol. The van der Waals surface area contributed by atoms with Crippen molar-refractivity contribution in [3.05, 3.63) is 47.5 Å². The molecular formula is C23H27N3O2. The number of carbonyl (C=O) groups is 2. The van der Waals surface area contributed by atoms with Crippen molar-refractivity contribution in [3.63, 3.8) is 0 Å². The van der Waals surface area contributed by atoms with Crippen LogP contribution < -0.4 is 5.84 Å². The summed E-state index contributed by atoms with van der Waals surface area (Å²) >= 11 is 0. The lowest BCUT2D eigenvalue weighted by atomic mass is 9.70. The highest BCUT2D eigenvalue weighted by molar-refractivity contribution is 5.91. The summed E-state index contributed by atoms with van der Waals surface area (Å²) in [6.45, 7) is 2.06. The van der Waals surface area contributed by atoms with Crippen LogP contribution in [0.5, 0.6) is 0 Å². The summed E-state index contributed by atoms with van der Waals surface area (Å²) in [6.07, 6.45) is 9.42. The Morgan fingerprint density at radius 2 is 1.71 bits per heavy atom. The number of amides is 2. The number of fused-ring (bicyclic) bond motifs is 9. The zero-order chi connectivity index (χ0) is 19.2. The Morgan fingerprint density at radius 3 is 2.50 bits per heavy atom. The summed E-state index contributed by atoms with van der Waals surface area (Å²) < 4.78 is 0. The maximum atomic E-state index is 13.8. The van der Waals surface area contributed by atoms with E-state index in [1.54, 1.807) is 0 Å². The van der Waals surface area contributed by atoms with Gasteiger partial charge in [0.05, 0.1) is 12.0 Å². The van der Waals surface area contributed by atoms with Crippen LogP contribution in [0.3, 0.4) is 0 Å². The minimum absolute atomic E-state index is 0.0178. The second-order valence-electron chi connectivity index (χ2n) is 9.47. The summed E-state index contributed by atoms with van der Waals surface area (Å²) in [7, 11) is 0. The van der Waals surface area contributed by atoms with Crippen LogP contribution in [-0.4, -0.2) is 27.8 Å². The lowest BCUT2D eigenvalue weighted by Crippen LogP contribution is -2.73. The predicted molar refractivity (Wildman–Crippen MR) is 104 cm³/mol. The SMILES string of the molecule is Cc1ccc([C@]23[C@@H]4CCCC[C@H]4C(=O)N2[C@@H]2[C@H](C(=O)N3N)[C@H]3C=C[C@@H]2C3)cc1. The Morgan fingerprint density at radius 1 is 1.00 bits per heavy atom. The molecule has 2 amide bonds. The molecule has 146 valence electrons. The molecule has 1 aromatic carbocycles. The van der Waals surface area contributed by atoms with Gasteiger partial charge < -0.3 is 4.90 Å². The Bertz CT molecular complexity index is 894. The van der Waals surface area contributed by atoms with E-state index in [2.05, 4.69) is 48.2 Å². The molecule has 1 aromatic rings. The van der Waals surface area contributed by atoms with Gasteiger partial charge in [0, 0.05) is 11.8 Å². The number of nitrogens with zero attached hydrogens (tertiary/aromatic N) is 2. The number of hydrazine groups is 1. The van der Waals surface area contributed by atoms with E-state index < -0.39 is 5.66 Å². The molecule has 5 nitrogen and oxygen atoms in total. The highest BCUT2D eigenvalue weighted by Gasteiger charge is 2.71. The van der Waals surface area contributed by atoms with Crippen molar-refractivity contribution in [2.24, 2.45) is 35.4 Å². The van der Waals surface area contributed by atoms with E-state index in [-0.39, 0.29) is 47.4 Å². The van der Waals surface area contributed by atoms with Gasteiger partial charge in [0.2, 0.25) is 11.8 Å². The molecular weight excluding hydrogens is 350 g/mol. The first-order valence-corrected chi connectivity index (χ1v) is 10.7. The Hall–Kier alpha value is -2.14. The van der Waals surface area contributed by atoms with Crippen molar-refractivity contribution < 1.29 is 9.59 Å². The van der Waals surface area contributed by atoms with Crippen LogP contribution in [0.1, 0.15) is 43.2 Å². The Labute approximate surface area is 165 Å². The minimum atomic E-state index is -0.827. The Kier molecular flexibility index (Phi) is 3.28. The van der Waals surface area contributed by atoms with Gasteiger partial charge in [-0.05, 0) is 43.6 Å². The van der Waals surface area contributed by atoms with Gasteiger partial charge in [0.1, 0.15) is 0 Å². The molecule has 5 heteroatoms. The topological polar surface area (TPSA) is 66.6 Å². The highest BCUT2D eigenvalue weighted by atomic mass is 16.2. The molecule has 7 atom stereocenters. The number of hydrogen-bond acceptors (Lipinski definition) is 3. The third-order valence-corrected chi connectivity index (χ3v) is 8.29. The molecule has 2 saturated carbocycles. The van der Waals surface area contributed by atoms with Crippen molar-refractivity contribution in [2.75, 3.05) is 0 Å². The first kappa shape index (κ1) is 16.8. The molecule has 6 rings (SSSR count). The number of aryl methyl sites for hydroxylation is 1. The second-order valence-corrected chi connectivity index (χ2v) is 9.47. The quantitative estimate of drug-likeness (QED) is 0.465. The fourth-order valence-electron chi connectivity index (χ4n) is 7.20. The van der Waals surface area contributed by atoms with E-state index in [0.29, 0.717) is 0 Å². The molecule has 5 aliphatic rings. The fourth-order valence-corrected chi connectivity index (χ4v) is 7.20. The standard InChI is InChI=1S/C23H27N3O2/c1-13-6-10-16(11-7-13)23-18-5-3-2-4-17(18)21(27)25(23)20-15-9-8-14(12-15)19(20)22(28)26(23)24/h6-11,14-15,17-20H,2-5,12,24H2,1H3/t14-,15+,17+,18+,19+,20-,23-/m0/s1. The van der Waals surface area contributed by atoms with Crippen molar-refractivity contribution in [3.8, 4) is 0 Å². The summed E-state index contributed by atoms with van der Waals surface area (Å²) in [5, 5.41) is 1.49. The average Bonchev–Trinajstić information content (AvgIpc) is 3.39. The third kappa shape index (κ3) is 1.77. The van der Waals surface area contributed by atoms with Gasteiger partial charge in [-0.15, -0.1) is 0 Å². The molecule has 2 aliphatic heterocycles. The molecule has 0 unspecified atom stereocenters. The van der Waals surface area contributed by atoms with E-state index in [1.165, 1.54) is 10.6 Å². The number of nitrogens with two attached hydrogens (primary N) is 1. The molecule has 4 fully saturated rings. The monoisotopic (exact) mass is 377 g/mol. The molecule has 2 heterocycles. The molecule has 0 spiro atoms. The van der Waals surface area contributed by atoms with Gasteiger partial charge in [0.25, 0.3) is 0 Å². The van der Waals surface area contributed by atoms with E-state index in [0.717, 1.165) is 37.7 Å². The van der Waals surface area contributed by atoms with Gasteiger partial charge in [-0.3, -0.25) is 9.59 Å². The first-order chi connectivity index (χ1) is 13.5. The smallest absolute Gasteiger partial charge is 0.244 e. The van der Waals surface area contributed by atoms with E-state index >= 15 is 0 Å². The maximum Gasteiger partial charge on any atom is 0.244 e. The van der Waals surface area contributed by atoms with E-state index in [4.69, 9.17) is 5.84 Å². The molecule has 3 aliphatic carbocycles. The number of benzene rings is 1. The normalized spacial score (nSPS) is 43.4. The largest absolute Gasteiger partial charge is 0.309 e. The number of rotatable bonds is 1. The van der Waals surface area contributed by atoms with Gasteiger partial charge in [0.15, 0.2) is 5.66 Å². The molecule has 28 heavy (non-hydrogen) atoms. The first-order valence-electron chi connectivity index (χ1n) is 10.7. The van der Waals surface area contributed by atoms with Crippen LogP contribution in [0.4, 0.5) is 0 Å². The zero-order valence-electron chi connectivity index (χ0n) is 16.3. The molecule has 2 N–H and O–H groups in total.